The van der Waals surface area contributed by atoms with E-state index in [1.807, 2.05) is 12.1 Å². The van der Waals surface area contributed by atoms with Gasteiger partial charge in [-0.1, -0.05) is 31.5 Å². The smallest absolute Gasteiger partial charge is 0.272 e. The first kappa shape index (κ1) is 17.1. The Labute approximate surface area is 135 Å². The number of hydrogen-bond acceptors (Lipinski definition) is 4. The molecule has 0 spiro atoms. The molecule has 1 amide bonds. The number of aromatic amines is 1. The summed E-state index contributed by atoms with van der Waals surface area (Å²) in [5, 5.41) is 10.6. The first-order valence-electron chi connectivity index (χ1n) is 8.03. The Morgan fingerprint density at radius 3 is 2.74 bits per heavy atom. The minimum atomic E-state index is -0.242. The first-order valence-corrected chi connectivity index (χ1v) is 8.03. The van der Waals surface area contributed by atoms with Crippen molar-refractivity contribution >= 4 is 16.7 Å². The maximum Gasteiger partial charge on any atom is 0.272 e. The van der Waals surface area contributed by atoms with Crippen LogP contribution in [-0.2, 0) is 16.0 Å². The van der Waals surface area contributed by atoms with Crippen LogP contribution in [-0.4, -0.2) is 35.9 Å². The standard InChI is InChI=1S/C17H23N3O3/c1-2-3-10-23-11-6-9-18-16(21)12-15-13-7-4-5-8-14(13)17(22)20-19-15/h4-5,7-8H,2-3,6,9-12H2,1H3,(H,18,21)(H,20,22). The Kier molecular flexibility index (Phi) is 6.75. The summed E-state index contributed by atoms with van der Waals surface area (Å²) >= 11 is 0. The molecule has 2 rings (SSSR count). The van der Waals surface area contributed by atoms with Crippen LogP contribution in [0.2, 0.25) is 0 Å². The molecule has 0 aliphatic carbocycles. The van der Waals surface area contributed by atoms with Crippen molar-refractivity contribution < 1.29 is 9.53 Å². The molecule has 0 fully saturated rings. The summed E-state index contributed by atoms with van der Waals surface area (Å²) in [5.74, 6) is -0.108. The largest absolute Gasteiger partial charge is 0.381 e. The molecule has 0 saturated carbocycles. The molecule has 0 bridgehead atoms. The van der Waals surface area contributed by atoms with Crippen LogP contribution in [0.1, 0.15) is 31.9 Å². The van der Waals surface area contributed by atoms with E-state index in [-0.39, 0.29) is 17.9 Å². The summed E-state index contributed by atoms with van der Waals surface area (Å²) in [6.07, 6.45) is 3.12. The van der Waals surface area contributed by atoms with Crippen LogP contribution in [0, 0.1) is 0 Å². The van der Waals surface area contributed by atoms with Crippen molar-refractivity contribution in [3.8, 4) is 0 Å². The normalized spacial score (nSPS) is 10.8. The lowest BCUT2D eigenvalue weighted by Gasteiger charge is -2.07. The van der Waals surface area contributed by atoms with Crippen LogP contribution in [0.4, 0.5) is 0 Å². The van der Waals surface area contributed by atoms with Crippen LogP contribution >= 0.6 is 0 Å². The predicted octanol–water partition coefficient (Wildman–Crippen LogP) is 1.79. The van der Waals surface area contributed by atoms with Crippen LogP contribution < -0.4 is 10.9 Å². The molecule has 0 unspecified atom stereocenters. The van der Waals surface area contributed by atoms with Gasteiger partial charge in [0.25, 0.3) is 5.56 Å². The molecule has 0 saturated heterocycles. The molecule has 1 aromatic carbocycles. The van der Waals surface area contributed by atoms with Gasteiger partial charge in [-0.2, -0.15) is 5.10 Å². The summed E-state index contributed by atoms with van der Waals surface area (Å²) in [6.45, 7) is 4.13. The minimum Gasteiger partial charge on any atom is -0.381 e. The average molecular weight is 317 g/mol. The van der Waals surface area contributed by atoms with Gasteiger partial charge in [-0.05, 0) is 18.9 Å². The molecule has 1 heterocycles. The van der Waals surface area contributed by atoms with Crippen molar-refractivity contribution in [3.63, 3.8) is 0 Å². The molecular formula is C17H23N3O3. The molecule has 6 heteroatoms. The van der Waals surface area contributed by atoms with E-state index in [2.05, 4.69) is 22.4 Å². The third kappa shape index (κ3) is 5.17. The fourth-order valence-corrected chi connectivity index (χ4v) is 2.27. The minimum absolute atomic E-state index is 0.108. The highest BCUT2D eigenvalue weighted by Gasteiger charge is 2.10. The van der Waals surface area contributed by atoms with Crippen molar-refractivity contribution in [2.75, 3.05) is 19.8 Å². The lowest BCUT2D eigenvalue weighted by atomic mass is 10.1. The summed E-state index contributed by atoms with van der Waals surface area (Å²) in [6, 6.07) is 7.16. The van der Waals surface area contributed by atoms with E-state index in [1.54, 1.807) is 12.1 Å². The number of ether oxygens (including phenoxy) is 1. The van der Waals surface area contributed by atoms with Gasteiger partial charge in [0.05, 0.1) is 17.5 Å². The number of aromatic nitrogens is 2. The number of amides is 1. The number of carbonyl (C=O) groups excluding carboxylic acids is 1. The highest BCUT2D eigenvalue weighted by Crippen LogP contribution is 2.12. The van der Waals surface area contributed by atoms with E-state index in [1.165, 1.54) is 0 Å². The highest BCUT2D eigenvalue weighted by atomic mass is 16.5. The van der Waals surface area contributed by atoms with Gasteiger partial charge in [0.2, 0.25) is 5.91 Å². The SMILES string of the molecule is CCCCOCCCNC(=O)Cc1n[nH]c(=O)c2ccccc12. The molecule has 2 aromatic rings. The second-order valence-corrected chi connectivity index (χ2v) is 5.39. The Morgan fingerprint density at radius 2 is 1.96 bits per heavy atom. The van der Waals surface area contributed by atoms with E-state index >= 15 is 0 Å². The molecule has 1 aromatic heterocycles. The van der Waals surface area contributed by atoms with Crippen LogP contribution in [0.25, 0.3) is 10.8 Å². The number of hydrogen-bond donors (Lipinski definition) is 2. The number of fused-ring (bicyclic) bond motifs is 1. The number of H-pyrrole nitrogens is 1. The number of benzene rings is 1. The third-order valence-corrected chi connectivity index (χ3v) is 3.53. The van der Waals surface area contributed by atoms with Gasteiger partial charge in [0.15, 0.2) is 0 Å². The fourth-order valence-electron chi connectivity index (χ4n) is 2.27. The average Bonchev–Trinajstić information content (AvgIpc) is 2.57. The Morgan fingerprint density at radius 1 is 1.22 bits per heavy atom. The quantitative estimate of drug-likeness (QED) is 0.691. The molecule has 0 atom stereocenters. The van der Waals surface area contributed by atoms with Gasteiger partial charge in [0, 0.05) is 25.1 Å². The number of nitrogens with one attached hydrogen (secondary N) is 2. The zero-order valence-corrected chi connectivity index (χ0v) is 13.4. The number of rotatable bonds is 9. The number of carbonyl (C=O) groups is 1. The van der Waals surface area contributed by atoms with Crippen LogP contribution in [0.5, 0.6) is 0 Å². The second kappa shape index (κ2) is 9.05. The molecule has 23 heavy (non-hydrogen) atoms. The second-order valence-electron chi connectivity index (χ2n) is 5.39. The molecule has 0 aliphatic rings. The Hall–Kier alpha value is -2.21. The van der Waals surface area contributed by atoms with Gasteiger partial charge >= 0.3 is 0 Å². The van der Waals surface area contributed by atoms with Gasteiger partial charge in [-0.15, -0.1) is 0 Å². The molecule has 2 N–H and O–H groups in total. The van der Waals surface area contributed by atoms with E-state index in [9.17, 15) is 9.59 Å². The van der Waals surface area contributed by atoms with Crippen molar-refractivity contribution in [3.05, 3.63) is 40.3 Å². The Balaban J connectivity index is 1.82. The Bertz CT molecular complexity index is 697. The fraction of sp³-hybridized carbons (Fsp3) is 0.471. The number of nitrogens with zero attached hydrogens (tertiary/aromatic N) is 1. The lowest BCUT2D eigenvalue weighted by molar-refractivity contribution is -0.120. The van der Waals surface area contributed by atoms with Gasteiger partial charge in [-0.25, -0.2) is 5.10 Å². The molecule has 124 valence electrons. The first-order chi connectivity index (χ1) is 11.2. The van der Waals surface area contributed by atoms with E-state index in [4.69, 9.17) is 4.74 Å². The maximum absolute atomic E-state index is 12.0. The van der Waals surface area contributed by atoms with E-state index < -0.39 is 0 Å². The van der Waals surface area contributed by atoms with Crippen molar-refractivity contribution in [1.82, 2.24) is 15.5 Å². The predicted molar refractivity (Wildman–Crippen MR) is 89.4 cm³/mol. The molecule has 0 aliphatic heterocycles. The zero-order chi connectivity index (χ0) is 16.5. The van der Waals surface area contributed by atoms with E-state index in [0.29, 0.717) is 29.6 Å². The topological polar surface area (TPSA) is 84.1 Å². The molecular weight excluding hydrogens is 294 g/mol. The van der Waals surface area contributed by atoms with E-state index in [0.717, 1.165) is 25.9 Å². The van der Waals surface area contributed by atoms with Gasteiger partial charge < -0.3 is 10.1 Å². The van der Waals surface area contributed by atoms with Crippen LogP contribution in [0.3, 0.4) is 0 Å². The van der Waals surface area contributed by atoms with Crippen LogP contribution in [0.15, 0.2) is 29.1 Å². The molecule has 6 nitrogen and oxygen atoms in total. The molecule has 0 radical (unpaired) electrons. The maximum atomic E-state index is 12.0. The van der Waals surface area contributed by atoms with Gasteiger partial charge in [0.1, 0.15) is 0 Å². The van der Waals surface area contributed by atoms with Crippen molar-refractivity contribution in [1.29, 1.82) is 0 Å². The summed E-state index contributed by atoms with van der Waals surface area (Å²) in [4.78, 5) is 23.7. The van der Waals surface area contributed by atoms with Crippen molar-refractivity contribution in [2.24, 2.45) is 0 Å². The number of unbranched alkanes of at least 4 members (excludes halogenated alkanes) is 1. The summed E-state index contributed by atoms with van der Waals surface area (Å²) in [5.41, 5.74) is 0.339. The third-order valence-electron chi connectivity index (χ3n) is 3.53. The monoisotopic (exact) mass is 317 g/mol. The van der Waals surface area contributed by atoms with Gasteiger partial charge in [-0.3, -0.25) is 9.59 Å². The summed E-state index contributed by atoms with van der Waals surface area (Å²) < 4.78 is 5.44. The zero-order valence-electron chi connectivity index (χ0n) is 13.4. The van der Waals surface area contributed by atoms with Crippen molar-refractivity contribution in [2.45, 2.75) is 32.6 Å². The highest BCUT2D eigenvalue weighted by molar-refractivity contribution is 5.88. The summed E-state index contributed by atoms with van der Waals surface area (Å²) in [7, 11) is 0. The lowest BCUT2D eigenvalue weighted by Crippen LogP contribution is -2.27.